The Hall–Kier alpha value is -2.87. The van der Waals surface area contributed by atoms with Crippen LogP contribution in [0.3, 0.4) is 0 Å². The lowest BCUT2D eigenvalue weighted by atomic mass is 9.92. The Morgan fingerprint density at radius 1 is 1.09 bits per heavy atom. The standard InChI is InChI=1S/C24H27ClN4O3/c25-17-10-8-16(9-11-17)24-23-19(18-5-1-2-6-20(18)27-23)12-14-29(24)15-22(31)26-13-4-3-7-21(30)28-32/h1-2,5-6,8-11,24,27,32H,3-4,7,12-15H2,(H,26,31)(H,28,30). The van der Waals surface area contributed by atoms with Gasteiger partial charge in [-0.05, 0) is 48.6 Å². The van der Waals surface area contributed by atoms with Crippen LogP contribution in [0, 0.1) is 0 Å². The van der Waals surface area contributed by atoms with Crippen LogP contribution in [-0.2, 0) is 16.0 Å². The van der Waals surface area contributed by atoms with Crippen molar-refractivity contribution in [3.63, 3.8) is 0 Å². The maximum atomic E-state index is 12.7. The minimum atomic E-state index is -0.412. The summed E-state index contributed by atoms with van der Waals surface area (Å²) in [7, 11) is 0. The van der Waals surface area contributed by atoms with Gasteiger partial charge in [-0.1, -0.05) is 41.9 Å². The molecule has 32 heavy (non-hydrogen) atoms. The van der Waals surface area contributed by atoms with E-state index >= 15 is 0 Å². The molecule has 1 aromatic heterocycles. The number of hydroxylamine groups is 1. The summed E-state index contributed by atoms with van der Waals surface area (Å²) in [6.45, 7) is 1.54. The molecular weight excluding hydrogens is 428 g/mol. The molecule has 8 heteroatoms. The summed E-state index contributed by atoms with van der Waals surface area (Å²) in [5.74, 6) is -0.459. The third kappa shape index (κ3) is 4.96. The van der Waals surface area contributed by atoms with Crippen molar-refractivity contribution in [2.24, 2.45) is 0 Å². The van der Waals surface area contributed by atoms with Crippen molar-refractivity contribution < 1.29 is 14.8 Å². The number of fused-ring (bicyclic) bond motifs is 3. The van der Waals surface area contributed by atoms with E-state index in [0.717, 1.165) is 29.7 Å². The van der Waals surface area contributed by atoms with Gasteiger partial charge in [-0.3, -0.25) is 19.7 Å². The van der Waals surface area contributed by atoms with E-state index in [2.05, 4.69) is 33.4 Å². The molecule has 7 nitrogen and oxygen atoms in total. The number of hydrogen-bond donors (Lipinski definition) is 4. The first kappa shape index (κ1) is 22.3. The van der Waals surface area contributed by atoms with Crippen molar-refractivity contribution in [1.82, 2.24) is 20.7 Å². The van der Waals surface area contributed by atoms with Crippen molar-refractivity contribution in [3.05, 3.63) is 70.4 Å². The maximum Gasteiger partial charge on any atom is 0.243 e. The molecule has 1 aliphatic heterocycles. The minimum absolute atomic E-state index is 0.0462. The SMILES string of the molecule is O=C(CCCCNC(=O)CN1CCc2c([nH]c3ccccc23)C1c1ccc(Cl)cc1)NO. The zero-order valence-electron chi connectivity index (χ0n) is 17.7. The molecule has 2 amide bonds. The van der Waals surface area contributed by atoms with E-state index in [1.807, 2.05) is 30.3 Å². The van der Waals surface area contributed by atoms with Gasteiger partial charge in [0.1, 0.15) is 0 Å². The van der Waals surface area contributed by atoms with E-state index in [9.17, 15) is 9.59 Å². The molecule has 0 bridgehead atoms. The highest BCUT2D eigenvalue weighted by Crippen LogP contribution is 2.38. The van der Waals surface area contributed by atoms with E-state index in [1.165, 1.54) is 10.9 Å². The lowest BCUT2D eigenvalue weighted by molar-refractivity contribution is -0.129. The summed E-state index contributed by atoms with van der Waals surface area (Å²) in [6.07, 6.45) is 2.38. The van der Waals surface area contributed by atoms with E-state index in [-0.39, 0.29) is 24.9 Å². The van der Waals surface area contributed by atoms with Crippen LogP contribution in [0.2, 0.25) is 5.02 Å². The number of para-hydroxylation sites is 1. The molecule has 1 aliphatic rings. The summed E-state index contributed by atoms with van der Waals surface area (Å²) in [4.78, 5) is 29.5. The number of halogens is 1. The first-order valence-electron chi connectivity index (χ1n) is 10.9. The van der Waals surface area contributed by atoms with Gasteiger partial charge in [-0.25, -0.2) is 5.48 Å². The van der Waals surface area contributed by atoms with E-state index < -0.39 is 5.91 Å². The number of rotatable bonds is 8. The zero-order chi connectivity index (χ0) is 22.5. The van der Waals surface area contributed by atoms with Gasteiger partial charge in [0.25, 0.3) is 0 Å². The molecule has 168 valence electrons. The number of unbranched alkanes of at least 4 members (excludes halogenated alkanes) is 1. The first-order valence-corrected chi connectivity index (χ1v) is 11.2. The fourth-order valence-corrected chi connectivity index (χ4v) is 4.54. The number of aromatic nitrogens is 1. The van der Waals surface area contributed by atoms with Gasteiger partial charge in [0.05, 0.1) is 12.6 Å². The van der Waals surface area contributed by atoms with Crippen LogP contribution in [0.15, 0.2) is 48.5 Å². The lowest BCUT2D eigenvalue weighted by Gasteiger charge is -2.35. The molecule has 0 saturated heterocycles. The molecule has 0 spiro atoms. The molecule has 4 rings (SSSR count). The number of amides is 2. The smallest absolute Gasteiger partial charge is 0.243 e. The summed E-state index contributed by atoms with van der Waals surface area (Å²) in [6, 6.07) is 16.0. The second-order valence-corrected chi connectivity index (χ2v) is 8.52. The Morgan fingerprint density at radius 3 is 2.66 bits per heavy atom. The van der Waals surface area contributed by atoms with Gasteiger partial charge in [-0.2, -0.15) is 0 Å². The fourth-order valence-electron chi connectivity index (χ4n) is 4.42. The minimum Gasteiger partial charge on any atom is -0.357 e. The molecular formula is C24H27ClN4O3. The quantitative estimate of drug-likeness (QED) is 0.237. The summed E-state index contributed by atoms with van der Waals surface area (Å²) in [5, 5.41) is 13.4. The van der Waals surface area contributed by atoms with Crippen LogP contribution in [-0.4, -0.2) is 46.5 Å². The number of carbonyl (C=O) groups is 2. The van der Waals surface area contributed by atoms with Gasteiger partial charge in [0.2, 0.25) is 11.8 Å². The summed E-state index contributed by atoms with van der Waals surface area (Å²) < 4.78 is 0. The van der Waals surface area contributed by atoms with E-state index in [4.69, 9.17) is 16.8 Å². The molecule has 3 aromatic rings. The van der Waals surface area contributed by atoms with E-state index in [1.54, 1.807) is 5.48 Å². The van der Waals surface area contributed by atoms with Gasteiger partial charge in [-0.15, -0.1) is 0 Å². The number of H-pyrrole nitrogens is 1. The molecule has 0 aliphatic carbocycles. The van der Waals surface area contributed by atoms with Crippen molar-refractivity contribution in [1.29, 1.82) is 0 Å². The lowest BCUT2D eigenvalue weighted by Crippen LogP contribution is -2.43. The number of hydrogen-bond acceptors (Lipinski definition) is 4. The van der Waals surface area contributed by atoms with Crippen LogP contribution in [0.25, 0.3) is 10.9 Å². The number of aromatic amines is 1. The maximum absolute atomic E-state index is 12.7. The number of nitrogens with zero attached hydrogens (tertiary/aromatic N) is 1. The highest BCUT2D eigenvalue weighted by molar-refractivity contribution is 6.30. The number of nitrogens with one attached hydrogen (secondary N) is 3. The molecule has 4 N–H and O–H groups in total. The van der Waals surface area contributed by atoms with Gasteiger partial charge in [0, 0.05) is 41.1 Å². The molecule has 1 unspecified atom stereocenters. The Morgan fingerprint density at radius 2 is 1.88 bits per heavy atom. The van der Waals surface area contributed by atoms with Crippen LogP contribution >= 0.6 is 11.6 Å². The average molecular weight is 455 g/mol. The van der Waals surface area contributed by atoms with Crippen LogP contribution in [0.5, 0.6) is 0 Å². The Labute approximate surface area is 191 Å². The Balaban J connectivity index is 1.49. The predicted molar refractivity (Wildman–Crippen MR) is 124 cm³/mol. The predicted octanol–water partition coefficient (Wildman–Crippen LogP) is 3.56. The van der Waals surface area contributed by atoms with E-state index in [0.29, 0.717) is 24.4 Å². The fraction of sp³-hybridized carbons (Fsp3) is 0.333. The van der Waals surface area contributed by atoms with Crippen LogP contribution < -0.4 is 10.8 Å². The second-order valence-electron chi connectivity index (χ2n) is 8.08. The zero-order valence-corrected chi connectivity index (χ0v) is 18.5. The highest BCUT2D eigenvalue weighted by Gasteiger charge is 2.32. The average Bonchev–Trinajstić information content (AvgIpc) is 3.18. The Bertz CT molecular complexity index is 1100. The molecule has 1 atom stereocenters. The molecule has 0 saturated carbocycles. The van der Waals surface area contributed by atoms with Gasteiger partial charge in [0.15, 0.2) is 0 Å². The van der Waals surface area contributed by atoms with Crippen molar-refractivity contribution in [2.45, 2.75) is 31.7 Å². The number of carbonyl (C=O) groups excluding carboxylic acids is 2. The highest BCUT2D eigenvalue weighted by atomic mass is 35.5. The van der Waals surface area contributed by atoms with Gasteiger partial charge < -0.3 is 10.3 Å². The first-order chi connectivity index (χ1) is 15.6. The normalized spacial score (nSPS) is 16.0. The molecule has 0 fully saturated rings. The molecule has 2 heterocycles. The second kappa shape index (κ2) is 10.2. The van der Waals surface area contributed by atoms with Gasteiger partial charge >= 0.3 is 0 Å². The monoisotopic (exact) mass is 454 g/mol. The van der Waals surface area contributed by atoms with Crippen molar-refractivity contribution in [2.75, 3.05) is 19.6 Å². The van der Waals surface area contributed by atoms with Crippen molar-refractivity contribution in [3.8, 4) is 0 Å². The summed E-state index contributed by atoms with van der Waals surface area (Å²) >= 11 is 6.12. The Kier molecular flexibility index (Phi) is 7.09. The van der Waals surface area contributed by atoms with Crippen molar-refractivity contribution >= 4 is 34.3 Å². The third-order valence-electron chi connectivity index (χ3n) is 5.94. The number of benzene rings is 2. The largest absolute Gasteiger partial charge is 0.357 e. The third-order valence-corrected chi connectivity index (χ3v) is 6.20. The topological polar surface area (TPSA) is 97.5 Å². The molecule has 0 radical (unpaired) electrons. The van der Waals surface area contributed by atoms with Crippen LogP contribution in [0.4, 0.5) is 0 Å². The molecule has 2 aromatic carbocycles. The van der Waals surface area contributed by atoms with Crippen LogP contribution in [0.1, 0.15) is 42.1 Å². The summed E-state index contributed by atoms with van der Waals surface area (Å²) in [5.41, 5.74) is 6.24.